The highest BCUT2D eigenvalue weighted by Gasteiger charge is 2.09. The summed E-state index contributed by atoms with van der Waals surface area (Å²) < 4.78 is 0. The molecule has 0 saturated heterocycles. The monoisotopic (exact) mass is 210 g/mol. The molecule has 16 heavy (non-hydrogen) atoms. The van der Waals surface area contributed by atoms with E-state index in [0.29, 0.717) is 11.3 Å². The Hall–Kier alpha value is -2.18. The van der Waals surface area contributed by atoms with Crippen LogP contribution >= 0.6 is 0 Å². The van der Waals surface area contributed by atoms with E-state index in [9.17, 15) is 0 Å². The van der Waals surface area contributed by atoms with Crippen molar-refractivity contribution >= 4 is 0 Å². The highest BCUT2D eigenvalue weighted by atomic mass is 16.3. The number of hydrogen-bond donors (Lipinski definition) is 1. The van der Waals surface area contributed by atoms with Crippen LogP contribution in [0, 0.1) is 11.3 Å². The third kappa shape index (κ3) is 1.79. The van der Waals surface area contributed by atoms with Gasteiger partial charge in [-0.3, -0.25) is 4.98 Å². The summed E-state index contributed by atoms with van der Waals surface area (Å²) in [6.07, 6.45) is 1.61. The highest BCUT2D eigenvalue weighted by molar-refractivity contribution is 5.70. The Morgan fingerprint density at radius 1 is 1.19 bits per heavy atom. The van der Waals surface area contributed by atoms with Crippen molar-refractivity contribution in [3.8, 4) is 17.2 Å². The van der Waals surface area contributed by atoms with Crippen LogP contribution in [0.15, 0.2) is 42.6 Å². The van der Waals surface area contributed by atoms with E-state index in [1.165, 1.54) is 0 Å². The van der Waals surface area contributed by atoms with E-state index >= 15 is 0 Å². The quantitative estimate of drug-likeness (QED) is 0.825. The molecule has 78 valence electrons. The Balaban J connectivity index is 2.63. The lowest BCUT2D eigenvalue weighted by Gasteiger charge is -2.06. The van der Waals surface area contributed by atoms with Gasteiger partial charge in [0.15, 0.2) is 0 Å². The van der Waals surface area contributed by atoms with Gasteiger partial charge in [0.25, 0.3) is 0 Å². The molecule has 0 unspecified atom stereocenters. The number of nitriles is 1. The number of nitrogens with zero attached hydrogens (tertiary/aromatic N) is 2. The van der Waals surface area contributed by atoms with Gasteiger partial charge in [-0.25, -0.2) is 0 Å². The molecule has 0 aliphatic carbocycles. The van der Waals surface area contributed by atoms with Crippen LogP contribution in [0.2, 0.25) is 0 Å². The maximum Gasteiger partial charge on any atom is 0.102 e. The first-order valence-electron chi connectivity index (χ1n) is 4.91. The van der Waals surface area contributed by atoms with Crippen molar-refractivity contribution in [3.05, 3.63) is 53.9 Å². The summed E-state index contributed by atoms with van der Waals surface area (Å²) in [5.74, 6) is 0. The standard InChI is InChI=1S/C13H10N2O/c14-8-12-11(6-7-15-13(12)9-16)10-4-2-1-3-5-10/h1-7,16H,9H2. The summed E-state index contributed by atoms with van der Waals surface area (Å²) in [4.78, 5) is 3.98. The molecular weight excluding hydrogens is 200 g/mol. The summed E-state index contributed by atoms with van der Waals surface area (Å²) in [6.45, 7) is -0.219. The van der Waals surface area contributed by atoms with Crippen LogP contribution in [-0.2, 0) is 6.61 Å². The summed E-state index contributed by atoms with van der Waals surface area (Å²) in [6, 6.07) is 13.5. The molecule has 1 aromatic heterocycles. The molecule has 0 atom stereocenters. The van der Waals surface area contributed by atoms with Crippen LogP contribution in [0.3, 0.4) is 0 Å². The normalized spacial score (nSPS) is 9.75. The largest absolute Gasteiger partial charge is 0.390 e. The van der Waals surface area contributed by atoms with Gasteiger partial charge in [-0.05, 0) is 11.6 Å². The smallest absolute Gasteiger partial charge is 0.102 e. The van der Waals surface area contributed by atoms with Gasteiger partial charge < -0.3 is 5.11 Å². The fourth-order valence-electron chi connectivity index (χ4n) is 1.61. The number of pyridine rings is 1. The number of hydrogen-bond acceptors (Lipinski definition) is 3. The van der Waals surface area contributed by atoms with Crippen LogP contribution in [0.25, 0.3) is 11.1 Å². The molecule has 0 aliphatic rings. The van der Waals surface area contributed by atoms with Gasteiger partial charge in [0.05, 0.1) is 17.9 Å². The number of aromatic nitrogens is 1. The topological polar surface area (TPSA) is 56.9 Å². The van der Waals surface area contributed by atoms with Crippen LogP contribution < -0.4 is 0 Å². The van der Waals surface area contributed by atoms with E-state index in [4.69, 9.17) is 10.4 Å². The first-order chi connectivity index (χ1) is 7.86. The lowest BCUT2D eigenvalue weighted by atomic mass is 10.0. The van der Waals surface area contributed by atoms with Gasteiger partial charge >= 0.3 is 0 Å². The minimum Gasteiger partial charge on any atom is -0.390 e. The zero-order valence-electron chi connectivity index (χ0n) is 8.59. The Morgan fingerprint density at radius 3 is 2.56 bits per heavy atom. The fraction of sp³-hybridized carbons (Fsp3) is 0.0769. The molecule has 0 radical (unpaired) electrons. The molecule has 2 rings (SSSR count). The molecule has 0 amide bonds. The zero-order chi connectivity index (χ0) is 11.4. The molecule has 0 spiro atoms. The molecule has 0 fully saturated rings. The predicted molar refractivity (Wildman–Crippen MR) is 60.3 cm³/mol. The van der Waals surface area contributed by atoms with Gasteiger partial charge in [-0.2, -0.15) is 5.26 Å². The Labute approximate surface area is 93.6 Å². The number of aliphatic hydroxyl groups excluding tert-OH is 1. The molecule has 3 nitrogen and oxygen atoms in total. The van der Waals surface area contributed by atoms with Gasteiger partial charge in [0.2, 0.25) is 0 Å². The van der Waals surface area contributed by atoms with Gasteiger partial charge in [-0.15, -0.1) is 0 Å². The minimum absolute atomic E-state index is 0.219. The van der Waals surface area contributed by atoms with Crippen molar-refractivity contribution in [1.82, 2.24) is 4.98 Å². The molecule has 1 aromatic carbocycles. The van der Waals surface area contributed by atoms with Crippen LogP contribution in [-0.4, -0.2) is 10.1 Å². The van der Waals surface area contributed by atoms with E-state index in [2.05, 4.69) is 11.1 Å². The first-order valence-corrected chi connectivity index (χ1v) is 4.91. The highest BCUT2D eigenvalue weighted by Crippen LogP contribution is 2.24. The zero-order valence-corrected chi connectivity index (χ0v) is 8.59. The van der Waals surface area contributed by atoms with Crippen LogP contribution in [0.4, 0.5) is 0 Å². The molecule has 0 bridgehead atoms. The maximum absolute atomic E-state index is 9.11. The molecule has 1 N–H and O–H groups in total. The fourth-order valence-corrected chi connectivity index (χ4v) is 1.61. The van der Waals surface area contributed by atoms with Crippen molar-refractivity contribution in [3.63, 3.8) is 0 Å². The van der Waals surface area contributed by atoms with E-state index in [-0.39, 0.29) is 6.61 Å². The number of rotatable bonds is 2. The van der Waals surface area contributed by atoms with Crippen LogP contribution in [0.5, 0.6) is 0 Å². The lowest BCUT2D eigenvalue weighted by Crippen LogP contribution is -1.96. The summed E-state index contributed by atoms with van der Waals surface area (Å²) in [5, 5.41) is 18.2. The Bertz CT molecular complexity index is 529. The van der Waals surface area contributed by atoms with Crippen molar-refractivity contribution in [2.45, 2.75) is 6.61 Å². The second-order valence-electron chi connectivity index (χ2n) is 3.32. The van der Waals surface area contributed by atoms with Gasteiger partial charge in [-0.1, -0.05) is 30.3 Å². The molecule has 0 aliphatic heterocycles. The van der Waals surface area contributed by atoms with E-state index < -0.39 is 0 Å². The summed E-state index contributed by atoms with van der Waals surface area (Å²) in [7, 11) is 0. The SMILES string of the molecule is N#Cc1c(-c2ccccc2)ccnc1CO. The van der Waals surface area contributed by atoms with Gasteiger partial charge in [0.1, 0.15) is 6.07 Å². The van der Waals surface area contributed by atoms with Gasteiger partial charge in [0, 0.05) is 11.8 Å². The molecule has 2 aromatic rings. The van der Waals surface area contributed by atoms with E-state index in [1.807, 2.05) is 30.3 Å². The van der Waals surface area contributed by atoms with Crippen molar-refractivity contribution in [2.24, 2.45) is 0 Å². The van der Waals surface area contributed by atoms with E-state index in [1.54, 1.807) is 12.3 Å². The predicted octanol–water partition coefficient (Wildman–Crippen LogP) is 2.11. The van der Waals surface area contributed by atoms with E-state index in [0.717, 1.165) is 11.1 Å². The minimum atomic E-state index is -0.219. The first kappa shape index (κ1) is 10.3. The molecule has 3 heteroatoms. The summed E-state index contributed by atoms with van der Waals surface area (Å²) >= 11 is 0. The van der Waals surface area contributed by atoms with Crippen molar-refractivity contribution in [2.75, 3.05) is 0 Å². The average Bonchev–Trinajstić information content (AvgIpc) is 2.38. The number of aliphatic hydroxyl groups is 1. The third-order valence-corrected chi connectivity index (χ3v) is 2.38. The second-order valence-corrected chi connectivity index (χ2v) is 3.32. The molecular formula is C13H10N2O. The third-order valence-electron chi connectivity index (χ3n) is 2.38. The Morgan fingerprint density at radius 2 is 1.94 bits per heavy atom. The van der Waals surface area contributed by atoms with Crippen molar-refractivity contribution in [1.29, 1.82) is 5.26 Å². The second kappa shape index (κ2) is 4.56. The Kier molecular flexibility index (Phi) is 2.95. The summed E-state index contributed by atoms with van der Waals surface area (Å²) in [5.41, 5.74) is 2.62. The maximum atomic E-state index is 9.11. The van der Waals surface area contributed by atoms with Crippen LogP contribution in [0.1, 0.15) is 11.3 Å². The lowest BCUT2D eigenvalue weighted by molar-refractivity contribution is 0.276. The van der Waals surface area contributed by atoms with Crippen molar-refractivity contribution < 1.29 is 5.11 Å². The molecule has 0 saturated carbocycles. The average molecular weight is 210 g/mol. The number of benzene rings is 1. The molecule has 1 heterocycles.